The van der Waals surface area contributed by atoms with Crippen LogP contribution in [0.3, 0.4) is 0 Å². The van der Waals surface area contributed by atoms with Crippen LogP contribution >= 0.6 is 11.3 Å². The monoisotopic (exact) mass is 289 g/mol. The van der Waals surface area contributed by atoms with Gasteiger partial charge in [-0.3, -0.25) is 0 Å². The van der Waals surface area contributed by atoms with E-state index in [0.717, 1.165) is 22.9 Å². The number of nitrogens with zero attached hydrogens (tertiary/aromatic N) is 1. The first-order chi connectivity index (χ1) is 9.38. The largest absolute Gasteiger partial charge is 0.399 e. The molecule has 0 spiro atoms. The van der Waals surface area contributed by atoms with Crippen molar-refractivity contribution >= 4 is 17.0 Å². The number of nitrogens with two attached hydrogens (primary N) is 1. The van der Waals surface area contributed by atoms with Crippen LogP contribution in [0.5, 0.6) is 0 Å². The first-order valence-corrected chi connectivity index (χ1v) is 7.78. The van der Waals surface area contributed by atoms with Crippen molar-refractivity contribution in [3.05, 3.63) is 45.9 Å². The Kier molecular flexibility index (Phi) is 4.45. The predicted octanol–water partition coefficient (Wildman–Crippen LogP) is 3.66. The summed E-state index contributed by atoms with van der Waals surface area (Å²) in [4.78, 5) is 4.54. The van der Waals surface area contributed by atoms with E-state index in [1.165, 1.54) is 5.56 Å². The zero-order valence-corrected chi connectivity index (χ0v) is 13.4. The number of hydrogen-bond donors (Lipinski definition) is 2. The van der Waals surface area contributed by atoms with E-state index in [1.54, 1.807) is 11.3 Å². The van der Waals surface area contributed by atoms with Gasteiger partial charge >= 0.3 is 0 Å². The molecule has 0 aliphatic heterocycles. The van der Waals surface area contributed by atoms with Gasteiger partial charge in [0, 0.05) is 28.7 Å². The Morgan fingerprint density at radius 2 is 1.95 bits per heavy atom. The first-order valence-electron chi connectivity index (χ1n) is 6.90. The van der Waals surface area contributed by atoms with E-state index >= 15 is 0 Å². The smallest absolute Gasteiger partial charge is 0.110 e. The Morgan fingerprint density at radius 3 is 2.50 bits per heavy atom. The number of aryl methyl sites for hydroxylation is 1. The summed E-state index contributed by atoms with van der Waals surface area (Å²) in [5.41, 5.74) is 9.01. The number of anilines is 1. The molecule has 1 aromatic heterocycles. The van der Waals surface area contributed by atoms with Crippen molar-refractivity contribution in [2.75, 3.05) is 12.3 Å². The summed E-state index contributed by atoms with van der Waals surface area (Å²) >= 11 is 1.72. The van der Waals surface area contributed by atoms with Crippen LogP contribution in [-0.2, 0) is 5.41 Å². The highest BCUT2D eigenvalue weighted by molar-refractivity contribution is 7.09. The van der Waals surface area contributed by atoms with E-state index in [9.17, 15) is 0 Å². The van der Waals surface area contributed by atoms with E-state index in [1.807, 2.05) is 19.1 Å². The van der Waals surface area contributed by atoms with Gasteiger partial charge in [0.15, 0.2) is 0 Å². The molecule has 1 heterocycles. The van der Waals surface area contributed by atoms with Crippen molar-refractivity contribution in [3.8, 4) is 0 Å². The van der Waals surface area contributed by atoms with Crippen molar-refractivity contribution in [2.45, 2.75) is 39.2 Å². The number of rotatable bonds is 5. The minimum Gasteiger partial charge on any atom is -0.399 e. The number of aromatic nitrogens is 1. The van der Waals surface area contributed by atoms with Crippen molar-refractivity contribution < 1.29 is 0 Å². The molecule has 0 radical (unpaired) electrons. The van der Waals surface area contributed by atoms with E-state index in [0.29, 0.717) is 0 Å². The molecule has 2 aromatic rings. The third-order valence-corrected chi connectivity index (χ3v) is 4.69. The number of nitrogen functional groups attached to an aromatic ring is 1. The molecule has 0 saturated carbocycles. The molecule has 0 amide bonds. The number of thiazole rings is 1. The second-order valence-electron chi connectivity index (χ2n) is 5.94. The lowest BCUT2D eigenvalue weighted by atomic mass is 9.84. The number of nitrogens with one attached hydrogen (secondary N) is 1. The Bertz CT molecular complexity index is 557. The van der Waals surface area contributed by atoms with Crippen LogP contribution < -0.4 is 11.1 Å². The maximum atomic E-state index is 5.75. The lowest BCUT2D eigenvalue weighted by Crippen LogP contribution is -2.34. The van der Waals surface area contributed by atoms with Gasteiger partial charge in [0.25, 0.3) is 0 Å². The molecule has 0 fully saturated rings. The maximum absolute atomic E-state index is 5.75. The Labute approximate surface area is 125 Å². The Balaban J connectivity index is 2.00. The van der Waals surface area contributed by atoms with Crippen LogP contribution in [0, 0.1) is 6.92 Å². The molecule has 3 N–H and O–H groups in total. The van der Waals surface area contributed by atoms with E-state index in [-0.39, 0.29) is 11.5 Å². The van der Waals surface area contributed by atoms with Crippen molar-refractivity contribution in [1.29, 1.82) is 0 Å². The average molecular weight is 289 g/mol. The van der Waals surface area contributed by atoms with E-state index < -0.39 is 0 Å². The molecule has 1 atom stereocenters. The fourth-order valence-electron chi connectivity index (χ4n) is 2.10. The molecule has 3 nitrogen and oxygen atoms in total. The summed E-state index contributed by atoms with van der Waals surface area (Å²) in [7, 11) is 0. The normalized spacial score (nSPS) is 13.4. The lowest BCUT2D eigenvalue weighted by Gasteiger charge is -2.27. The molecular weight excluding hydrogens is 266 g/mol. The molecule has 1 aromatic carbocycles. The standard InChI is InChI=1S/C16H23N3S/c1-11-9-20-15(19-11)12(2)18-10-16(3,4)13-5-7-14(17)8-6-13/h5-9,12,18H,10,17H2,1-4H3. The average Bonchev–Trinajstić information content (AvgIpc) is 2.83. The highest BCUT2D eigenvalue weighted by atomic mass is 32.1. The van der Waals surface area contributed by atoms with Crippen LogP contribution in [0.15, 0.2) is 29.6 Å². The highest BCUT2D eigenvalue weighted by Crippen LogP contribution is 2.25. The van der Waals surface area contributed by atoms with E-state index in [2.05, 4.69) is 48.6 Å². The quantitative estimate of drug-likeness (QED) is 0.826. The van der Waals surface area contributed by atoms with Crippen LogP contribution in [0.2, 0.25) is 0 Å². The molecule has 0 aliphatic rings. The van der Waals surface area contributed by atoms with E-state index in [4.69, 9.17) is 5.73 Å². The van der Waals surface area contributed by atoms with Crippen molar-refractivity contribution in [2.24, 2.45) is 0 Å². The van der Waals surface area contributed by atoms with Crippen molar-refractivity contribution in [3.63, 3.8) is 0 Å². The number of benzene rings is 1. The van der Waals surface area contributed by atoms with Crippen LogP contribution in [0.4, 0.5) is 5.69 Å². The molecule has 0 bridgehead atoms. The Hall–Kier alpha value is -1.39. The summed E-state index contributed by atoms with van der Waals surface area (Å²) in [6.45, 7) is 9.58. The number of hydrogen-bond acceptors (Lipinski definition) is 4. The molecule has 1 unspecified atom stereocenters. The molecule has 0 saturated heterocycles. The van der Waals surface area contributed by atoms with Gasteiger partial charge in [-0.25, -0.2) is 4.98 Å². The van der Waals surface area contributed by atoms with Gasteiger partial charge in [-0.1, -0.05) is 26.0 Å². The van der Waals surface area contributed by atoms with Crippen LogP contribution in [0.1, 0.15) is 43.1 Å². The van der Waals surface area contributed by atoms with Gasteiger partial charge in [0.2, 0.25) is 0 Å². The summed E-state index contributed by atoms with van der Waals surface area (Å²) < 4.78 is 0. The lowest BCUT2D eigenvalue weighted by molar-refractivity contribution is 0.434. The maximum Gasteiger partial charge on any atom is 0.110 e. The van der Waals surface area contributed by atoms with Crippen molar-refractivity contribution in [1.82, 2.24) is 10.3 Å². The topological polar surface area (TPSA) is 50.9 Å². The molecule has 20 heavy (non-hydrogen) atoms. The Morgan fingerprint density at radius 1 is 1.30 bits per heavy atom. The zero-order chi connectivity index (χ0) is 14.8. The third kappa shape index (κ3) is 3.58. The molecule has 0 aliphatic carbocycles. The highest BCUT2D eigenvalue weighted by Gasteiger charge is 2.21. The first kappa shape index (κ1) is 15.0. The van der Waals surface area contributed by atoms with Gasteiger partial charge in [0.05, 0.1) is 6.04 Å². The summed E-state index contributed by atoms with van der Waals surface area (Å²) in [5.74, 6) is 0. The fourth-order valence-corrected chi connectivity index (χ4v) is 2.93. The van der Waals surface area contributed by atoms with Gasteiger partial charge in [-0.2, -0.15) is 0 Å². The van der Waals surface area contributed by atoms with Crippen LogP contribution in [-0.4, -0.2) is 11.5 Å². The molecule has 4 heteroatoms. The van der Waals surface area contributed by atoms with Gasteiger partial charge < -0.3 is 11.1 Å². The van der Waals surface area contributed by atoms with Gasteiger partial charge in [0.1, 0.15) is 5.01 Å². The summed E-state index contributed by atoms with van der Waals surface area (Å²) in [6, 6.07) is 8.42. The van der Waals surface area contributed by atoms with Crippen LogP contribution in [0.25, 0.3) is 0 Å². The molecular formula is C16H23N3S. The predicted molar refractivity (Wildman–Crippen MR) is 87.1 cm³/mol. The summed E-state index contributed by atoms with van der Waals surface area (Å²) in [6.07, 6.45) is 0. The third-order valence-electron chi connectivity index (χ3n) is 3.55. The molecule has 108 valence electrons. The minimum absolute atomic E-state index is 0.0638. The summed E-state index contributed by atoms with van der Waals surface area (Å²) in [5, 5.41) is 6.83. The second kappa shape index (κ2) is 5.94. The zero-order valence-electron chi connectivity index (χ0n) is 12.6. The molecule has 2 rings (SSSR count). The fraction of sp³-hybridized carbons (Fsp3) is 0.438. The van der Waals surface area contributed by atoms with Gasteiger partial charge in [-0.15, -0.1) is 11.3 Å². The minimum atomic E-state index is 0.0638. The SMILES string of the molecule is Cc1csc(C(C)NCC(C)(C)c2ccc(N)cc2)n1. The van der Waals surface area contributed by atoms with Gasteiger partial charge in [-0.05, 0) is 31.5 Å². The second-order valence-corrected chi connectivity index (χ2v) is 6.83.